The van der Waals surface area contributed by atoms with Gasteiger partial charge in [-0.2, -0.15) is 0 Å². The highest BCUT2D eigenvalue weighted by Gasteiger charge is 2.12. The Morgan fingerprint density at radius 2 is 1.25 bits per heavy atom. The molecule has 0 aliphatic rings. The third-order valence-electron chi connectivity index (χ3n) is 4.20. The maximum atomic E-state index is 5.28. The minimum Gasteiger partial charge on any atom is -0.497 e. The van der Waals surface area contributed by atoms with Crippen LogP contribution in [0.1, 0.15) is 5.56 Å². The Bertz CT molecular complexity index is 802. The number of ether oxygens (including phenoxy) is 2. The lowest BCUT2D eigenvalue weighted by molar-refractivity contribution is 0.414. The van der Waals surface area contributed by atoms with E-state index < -0.39 is 0 Å². The molecule has 0 saturated carbocycles. The molecule has 1 radical (unpaired) electrons. The molecule has 0 bridgehead atoms. The van der Waals surface area contributed by atoms with Gasteiger partial charge < -0.3 is 9.47 Å². The Hall–Kier alpha value is -2.74. The summed E-state index contributed by atoms with van der Waals surface area (Å²) in [6.45, 7) is 4.09. The lowest BCUT2D eigenvalue weighted by atomic mass is 9.89. The minimum atomic E-state index is 0.741. The van der Waals surface area contributed by atoms with Crippen LogP contribution >= 0.6 is 0 Å². The summed E-state index contributed by atoms with van der Waals surface area (Å²) < 4.78 is 10.5. The normalized spacial score (nSPS) is 10.5. The second-order valence-corrected chi connectivity index (χ2v) is 5.55. The van der Waals surface area contributed by atoms with Gasteiger partial charge >= 0.3 is 0 Å². The average Bonchev–Trinajstić information content (AvgIpc) is 2.67. The summed E-state index contributed by atoms with van der Waals surface area (Å²) in [4.78, 5) is 0. The van der Waals surface area contributed by atoms with Gasteiger partial charge in [0, 0.05) is 0 Å². The van der Waals surface area contributed by atoms with Gasteiger partial charge in [-0.3, -0.25) is 0 Å². The van der Waals surface area contributed by atoms with Crippen molar-refractivity contribution >= 4 is 0 Å². The van der Waals surface area contributed by atoms with E-state index in [9.17, 15) is 0 Å². The molecule has 0 fully saturated rings. The lowest BCUT2D eigenvalue weighted by Crippen LogP contribution is -1.93. The fraction of sp³-hybridized carbons (Fsp3) is 0.136. The second-order valence-electron chi connectivity index (χ2n) is 5.55. The summed E-state index contributed by atoms with van der Waals surface area (Å²) in [5.41, 5.74) is 5.98. The molecule has 0 N–H and O–H groups in total. The number of hydrogen-bond acceptors (Lipinski definition) is 2. The number of methoxy groups -OCH3 is 2. The summed E-state index contributed by atoms with van der Waals surface area (Å²) in [5.74, 6) is 1.72. The summed E-state index contributed by atoms with van der Waals surface area (Å²) >= 11 is 0. The van der Waals surface area contributed by atoms with Crippen LogP contribution in [0.2, 0.25) is 0 Å². The molecule has 0 unspecified atom stereocenters. The Balaban J connectivity index is 2.15. The second kappa shape index (κ2) is 7.22. The highest BCUT2D eigenvalue weighted by Crippen LogP contribution is 2.36. The molecule has 0 aliphatic carbocycles. The van der Waals surface area contributed by atoms with E-state index in [1.165, 1.54) is 22.3 Å². The zero-order valence-corrected chi connectivity index (χ0v) is 14.1. The van der Waals surface area contributed by atoms with Crippen molar-refractivity contribution in [3.05, 3.63) is 79.2 Å². The maximum Gasteiger partial charge on any atom is 0.118 e. The maximum absolute atomic E-state index is 5.28. The molecule has 121 valence electrons. The molecule has 0 amide bonds. The molecule has 3 aromatic rings. The summed E-state index contributed by atoms with van der Waals surface area (Å²) in [5, 5.41) is 0. The van der Waals surface area contributed by atoms with Gasteiger partial charge in [0.1, 0.15) is 11.5 Å². The highest BCUT2D eigenvalue weighted by molar-refractivity contribution is 5.86. The molecule has 24 heavy (non-hydrogen) atoms. The highest BCUT2D eigenvalue weighted by atomic mass is 16.5. The Morgan fingerprint density at radius 3 is 1.75 bits per heavy atom. The zero-order chi connectivity index (χ0) is 16.9. The fourth-order valence-electron chi connectivity index (χ4n) is 2.92. The van der Waals surface area contributed by atoms with Crippen molar-refractivity contribution < 1.29 is 9.47 Å². The van der Waals surface area contributed by atoms with E-state index in [1.807, 2.05) is 24.3 Å². The average molecular weight is 317 g/mol. The van der Waals surface area contributed by atoms with Gasteiger partial charge in [0.25, 0.3) is 0 Å². The van der Waals surface area contributed by atoms with Crippen LogP contribution in [-0.2, 0) is 6.42 Å². The third kappa shape index (κ3) is 3.13. The molecular weight excluding hydrogens is 296 g/mol. The van der Waals surface area contributed by atoms with Crippen LogP contribution in [-0.4, -0.2) is 14.2 Å². The molecule has 3 aromatic carbocycles. The van der Waals surface area contributed by atoms with Crippen LogP contribution in [0.25, 0.3) is 22.3 Å². The quantitative estimate of drug-likeness (QED) is 0.626. The first kappa shape index (κ1) is 16.1. The van der Waals surface area contributed by atoms with Gasteiger partial charge in [-0.05, 0) is 65.4 Å². The van der Waals surface area contributed by atoms with E-state index >= 15 is 0 Å². The van der Waals surface area contributed by atoms with Crippen LogP contribution in [0, 0.1) is 6.92 Å². The molecule has 0 saturated heterocycles. The molecular formula is C22H21O2. The largest absolute Gasteiger partial charge is 0.497 e. The van der Waals surface area contributed by atoms with Crippen LogP contribution in [0.3, 0.4) is 0 Å². The zero-order valence-electron chi connectivity index (χ0n) is 14.1. The van der Waals surface area contributed by atoms with E-state index in [0.717, 1.165) is 23.5 Å². The van der Waals surface area contributed by atoms with Gasteiger partial charge in [0.05, 0.1) is 14.2 Å². The van der Waals surface area contributed by atoms with Crippen molar-refractivity contribution in [3.63, 3.8) is 0 Å². The molecule has 2 nitrogen and oxygen atoms in total. The first-order valence-corrected chi connectivity index (χ1v) is 7.97. The van der Waals surface area contributed by atoms with Crippen molar-refractivity contribution in [2.75, 3.05) is 14.2 Å². The SMILES string of the molecule is [CH2]Cc1cccc(-c2ccc(OC)cc2)c1-c1ccc(OC)cc1. The van der Waals surface area contributed by atoms with Crippen LogP contribution in [0.15, 0.2) is 66.7 Å². The van der Waals surface area contributed by atoms with Crippen molar-refractivity contribution in [2.24, 2.45) is 0 Å². The topological polar surface area (TPSA) is 18.5 Å². The van der Waals surface area contributed by atoms with Gasteiger partial charge in [0.15, 0.2) is 0 Å². The van der Waals surface area contributed by atoms with E-state index in [1.54, 1.807) is 14.2 Å². The van der Waals surface area contributed by atoms with E-state index in [-0.39, 0.29) is 0 Å². The van der Waals surface area contributed by atoms with Crippen molar-refractivity contribution in [2.45, 2.75) is 6.42 Å². The summed E-state index contributed by atoms with van der Waals surface area (Å²) in [6, 6.07) is 22.7. The summed E-state index contributed by atoms with van der Waals surface area (Å²) in [7, 11) is 3.36. The predicted molar refractivity (Wildman–Crippen MR) is 99.5 cm³/mol. The van der Waals surface area contributed by atoms with Gasteiger partial charge in [-0.1, -0.05) is 42.5 Å². The first-order chi connectivity index (χ1) is 11.8. The van der Waals surface area contributed by atoms with E-state index in [2.05, 4.69) is 49.4 Å². The van der Waals surface area contributed by atoms with Crippen LogP contribution in [0.5, 0.6) is 11.5 Å². The molecule has 0 aromatic heterocycles. The van der Waals surface area contributed by atoms with Gasteiger partial charge in [-0.25, -0.2) is 0 Å². The third-order valence-corrected chi connectivity index (χ3v) is 4.20. The minimum absolute atomic E-state index is 0.741. The van der Waals surface area contributed by atoms with Crippen molar-refractivity contribution in [3.8, 4) is 33.8 Å². The Labute approximate surface area is 143 Å². The number of hydrogen-bond donors (Lipinski definition) is 0. The Morgan fingerprint density at radius 1 is 0.708 bits per heavy atom. The van der Waals surface area contributed by atoms with Gasteiger partial charge in [0.2, 0.25) is 0 Å². The number of benzene rings is 3. The van der Waals surface area contributed by atoms with E-state index in [0.29, 0.717) is 0 Å². The van der Waals surface area contributed by atoms with Crippen molar-refractivity contribution in [1.82, 2.24) is 0 Å². The Kier molecular flexibility index (Phi) is 4.85. The lowest BCUT2D eigenvalue weighted by Gasteiger charge is -2.15. The van der Waals surface area contributed by atoms with Crippen LogP contribution < -0.4 is 9.47 Å². The number of rotatable bonds is 5. The molecule has 0 atom stereocenters. The molecule has 0 spiro atoms. The molecule has 3 rings (SSSR count). The van der Waals surface area contributed by atoms with Crippen molar-refractivity contribution in [1.29, 1.82) is 0 Å². The molecule has 0 heterocycles. The predicted octanol–water partition coefficient (Wildman–Crippen LogP) is 5.41. The molecule has 0 aliphatic heterocycles. The van der Waals surface area contributed by atoms with E-state index in [4.69, 9.17) is 9.47 Å². The van der Waals surface area contributed by atoms with Crippen LogP contribution in [0.4, 0.5) is 0 Å². The smallest absolute Gasteiger partial charge is 0.118 e. The first-order valence-electron chi connectivity index (χ1n) is 7.97. The molecule has 2 heteroatoms. The standard InChI is InChI=1S/C22H21O2/c1-4-16-6-5-7-21(17-8-12-19(23-2)13-9-17)22(16)18-10-14-20(24-3)15-11-18/h5-15H,1,4H2,2-3H3. The monoisotopic (exact) mass is 317 g/mol. The fourth-order valence-corrected chi connectivity index (χ4v) is 2.92. The summed E-state index contributed by atoms with van der Waals surface area (Å²) in [6.07, 6.45) is 0.741. The van der Waals surface area contributed by atoms with Gasteiger partial charge in [-0.15, -0.1) is 0 Å².